The van der Waals surface area contributed by atoms with Gasteiger partial charge in [-0.25, -0.2) is 4.68 Å². The van der Waals surface area contributed by atoms with Gasteiger partial charge < -0.3 is 10.4 Å². The van der Waals surface area contributed by atoms with Crippen LogP contribution in [0.4, 0.5) is 0 Å². The first-order chi connectivity index (χ1) is 5.68. The van der Waals surface area contributed by atoms with E-state index in [9.17, 15) is 9.90 Å². The van der Waals surface area contributed by atoms with Crippen LogP contribution in [0.15, 0.2) is 10.7 Å². The zero-order chi connectivity index (χ0) is 8.72. The molecule has 0 bridgehead atoms. The number of carbonyl (C=O) groups is 1. The Morgan fingerprint density at radius 1 is 1.83 bits per heavy atom. The Bertz CT molecular complexity index is 336. The number of aliphatic hydroxyl groups is 1. The van der Waals surface area contributed by atoms with E-state index in [1.54, 1.807) is 6.07 Å². The van der Waals surface area contributed by atoms with Gasteiger partial charge in [-0.05, 0) is 15.9 Å². The van der Waals surface area contributed by atoms with Gasteiger partial charge in [0.2, 0.25) is 0 Å². The Morgan fingerprint density at radius 2 is 2.58 bits per heavy atom. The van der Waals surface area contributed by atoms with Gasteiger partial charge in [-0.3, -0.25) is 4.79 Å². The summed E-state index contributed by atoms with van der Waals surface area (Å²) in [4.78, 5) is 11.1. The fourth-order valence-electron chi connectivity index (χ4n) is 1.12. The van der Waals surface area contributed by atoms with Crippen molar-refractivity contribution in [2.75, 3.05) is 6.54 Å². The molecular weight excluding hydrogens is 226 g/mol. The molecule has 0 aromatic carbocycles. The summed E-state index contributed by atoms with van der Waals surface area (Å²) < 4.78 is 1.84. The second kappa shape index (κ2) is 2.56. The summed E-state index contributed by atoms with van der Waals surface area (Å²) in [6, 6.07) is 1.57. The van der Waals surface area contributed by atoms with E-state index in [1.807, 2.05) is 0 Å². The minimum Gasteiger partial charge on any atom is -0.370 e. The SMILES string of the molecule is O=C1NCC(O)n2nc(Br)cc21. The molecule has 1 aliphatic heterocycles. The summed E-state index contributed by atoms with van der Waals surface area (Å²) in [5.74, 6) is -0.210. The number of aliphatic hydroxyl groups excluding tert-OH is 1. The number of fused-ring (bicyclic) bond motifs is 1. The lowest BCUT2D eigenvalue weighted by Gasteiger charge is -2.19. The average Bonchev–Trinajstić information content (AvgIpc) is 2.41. The summed E-state index contributed by atoms with van der Waals surface area (Å²) in [5.41, 5.74) is 0.376. The molecule has 0 aliphatic carbocycles. The maximum absolute atomic E-state index is 11.1. The number of carbonyl (C=O) groups excluding carboxylic acids is 1. The van der Waals surface area contributed by atoms with Crippen LogP contribution in [0.25, 0.3) is 0 Å². The molecule has 1 aliphatic rings. The molecule has 0 spiro atoms. The van der Waals surface area contributed by atoms with E-state index in [4.69, 9.17) is 0 Å². The van der Waals surface area contributed by atoms with E-state index in [2.05, 4.69) is 26.3 Å². The van der Waals surface area contributed by atoms with E-state index in [0.717, 1.165) is 0 Å². The predicted octanol–water partition coefficient (Wildman–Crippen LogP) is -0.120. The summed E-state index contributed by atoms with van der Waals surface area (Å²) >= 11 is 3.12. The van der Waals surface area contributed by atoms with Crippen molar-refractivity contribution >= 4 is 21.8 Å². The molecule has 1 aromatic heterocycles. The molecule has 1 amide bonds. The van der Waals surface area contributed by atoms with Gasteiger partial charge in [0.1, 0.15) is 10.3 Å². The van der Waals surface area contributed by atoms with Crippen LogP contribution in [-0.4, -0.2) is 27.3 Å². The van der Waals surface area contributed by atoms with Gasteiger partial charge >= 0.3 is 0 Å². The Labute approximate surface area is 76.5 Å². The number of aromatic nitrogens is 2. The molecular formula is C6H6BrN3O2. The summed E-state index contributed by atoms with van der Waals surface area (Å²) in [5, 5.41) is 15.8. The third-order valence-electron chi connectivity index (χ3n) is 1.67. The zero-order valence-electron chi connectivity index (χ0n) is 5.99. The van der Waals surface area contributed by atoms with Crippen LogP contribution in [0.2, 0.25) is 0 Å². The van der Waals surface area contributed by atoms with Crippen molar-refractivity contribution in [3.8, 4) is 0 Å². The number of nitrogens with one attached hydrogen (secondary N) is 1. The van der Waals surface area contributed by atoms with Crippen LogP contribution in [0, 0.1) is 0 Å². The normalized spacial score (nSPS) is 21.8. The number of β-amino-alcohol motifs (C(OH)–C–C–N with tert-alkyl or cyclic N) is 1. The lowest BCUT2D eigenvalue weighted by molar-refractivity contribution is 0.0591. The van der Waals surface area contributed by atoms with Gasteiger partial charge in [0.15, 0.2) is 6.23 Å². The minimum absolute atomic E-state index is 0.208. The van der Waals surface area contributed by atoms with Crippen LogP contribution in [0.1, 0.15) is 16.7 Å². The summed E-state index contributed by atoms with van der Waals surface area (Å²) in [6.45, 7) is 0.208. The molecule has 0 radical (unpaired) electrons. The average molecular weight is 232 g/mol. The van der Waals surface area contributed by atoms with Crippen LogP contribution in [0.5, 0.6) is 0 Å². The van der Waals surface area contributed by atoms with Gasteiger partial charge in [0, 0.05) is 6.07 Å². The van der Waals surface area contributed by atoms with Crippen molar-refractivity contribution in [1.29, 1.82) is 0 Å². The molecule has 2 N–H and O–H groups in total. The second-order valence-electron chi connectivity index (χ2n) is 2.49. The van der Waals surface area contributed by atoms with Crippen molar-refractivity contribution < 1.29 is 9.90 Å². The van der Waals surface area contributed by atoms with Gasteiger partial charge in [0.25, 0.3) is 5.91 Å². The highest BCUT2D eigenvalue weighted by molar-refractivity contribution is 9.10. The molecule has 5 nitrogen and oxygen atoms in total. The maximum atomic E-state index is 11.1. The molecule has 2 rings (SSSR count). The number of nitrogens with zero attached hydrogens (tertiary/aromatic N) is 2. The van der Waals surface area contributed by atoms with Crippen molar-refractivity contribution in [3.05, 3.63) is 16.4 Å². The summed E-state index contributed by atoms with van der Waals surface area (Å²) in [7, 11) is 0. The Morgan fingerprint density at radius 3 is 3.25 bits per heavy atom. The molecule has 0 saturated carbocycles. The monoisotopic (exact) mass is 231 g/mol. The quantitative estimate of drug-likeness (QED) is 0.655. The number of hydrogen-bond acceptors (Lipinski definition) is 3. The van der Waals surface area contributed by atoms with Crippen molar-refractivity contribution in [2.45, 2.75) is 6.23 Å². The number of halogens is 1. The third-order valence-corrected chi connectivity index (χ3v) is 2.05. The molecule has 12 heavy (non-hydrogen) atoms. The lowest BCUT2D eigenvalue weighted by Crippen LogP contribution is -2.39. The first kappa shape index (κ1) is 7.75. The van der Waals surface area contributed by atoms with E-state index in [0.29, 0.717) is 10.3 Å². The lowest BCUT2D eigenvalue weighted by atomic mass is 10.3. The van der Waals surface area contributed by atoms with Crippen LogP contribution < -0.4 is 5.32 Å². The topological polar surface area (TPSA) is 67.2 Å². The van der Waals surface area contributed by atoms with E-state index < -0.39 is 6.23 Å². The fraction of sp³-hybridized carbons (Fsp3) is 0.333. The smallest absolute Gasteiger partial charge is 0.269 e. The molecule has 0 fully saturated rings. The van der Waals surface area contributed by atoms with Crippen LogP contribution in [-0.2, 0) is 0 Å². The number of amides is 1. The Kier molecular flexibility index (Phi) is 1.66. The number of hydrogen-bond donors (Lipinski definition) is 2. The predicted molar refractivity (Wildman–Crippen MR) is 43.5 cm³/mol. The van der Waals surface area contributed by atoms with E-state index in [-0.39, 0.29) is 12.5 Å². The third kappa shape index (κ3) is 1.03. The standard InChI is InChI=1S/C6H6BrN3O2/c7-4-1-3-6(12)8-2-5(11)10(3)9-4/h1,5,11H,2H2,(H,8,12). The van der Waals surface area contributed by atoms with E-state index >= 15 is 0 Å². The highest BCUT2D eigenvalue weighted by Gasteiger charge is 2.24. The highest BCUT2D eigenvalue weighted by atomic mass is 79.9. The van der Waals surface area contributed by atoms with Gasteiger partial charge in [0.05, 0.1) is 6.54 Å². The van der Waals surface area contributed by atoms with Gasteiger partial charge in [-0.15, -0.1) is 0 Å². The largest absolute Gasteiger partial charge is 0.370 e. The molecule has 2 heterocycles. The minimum atomic E-state index is -0.760. The molecule has 1 unspecified atom stereocenters. The van der Waals surface area contributed by atoms with Crippen molar-refractivity contribution in [3.63, 3.8) is 0 Å². The first-order valence-electron chi connectivity index (χ1n) is 3.40. The molecule has 1 atom stereocenters. The van der Waals surface area contributed by atoms with Crippen molar-refractivity contribution in [1.82, 2.24) is 15.1 Å². The second-order valence-corrected chi connectivity index (χ2v) is 3.30. The van der Waals surface area contributed by atoms with Crippen LogP contribution in [0.3, 0.4) is 0 Å². The number of rotatable bonds is 0. The van der Waals surface area contributed by atoms with Gasteiger partial charge in [-0.1, -0.05) is 0 Å². The first-order valence-corrected chi connectivity index (χ1v) is 4.19. The molecule has 0 saturated heterocycles. The maximum Gasteiger partial charge on any atom is 0.269 e. The Balaban J connectivity index is 2.54. The Hall–Kier alpha value is -0.880. The zero-order valence-corrected chi connectivity index (χ0v) is 7.58. The molecule has 64 valence electrons. The van der Waals surface area contributed by atoms with E-state index in [1.165, 1.54) is 4.68 Å². The van der Waals surface area contributed by atoms with Crippen molar-refractivity contribution in [2.24, 2.45) is 0 Å². The van der Waals surface area contributed by atoms with Crippen LogP contribution >= 0.6 is 15.9 Å². The summed E-state index contributed by atoms with van der Waals surface area (Å²) in [6.07, 6.45) is -0.760. The molecule has 1 aromatic rings. The van der Waals surface area contributed by atoms with Gasteiger partial charge in [-0.2, -0.15) is 5.10 Å². The molecule has 6 heteroatoms. The highest BCUT2D eigenvalue weighted by Crippen LogP contribution is 2.16. The fourth-order valence-corrected chi connectivity index (χ4v) is 1.51.